The highest BCUT2D eigenvalue weighted by atomic mass is 35.5. The SMILES string of the molecule is Cc1c(-c2cccc(-c3cccc(-c4ccc5c(c4C)CCNC5)c3Cl)c2Cl)ccc2c1CCNC2. The summed E-state index contributed by atoms with van der Waals surface area (Å²) in [7, 11) is 0. The second-order valence-electron chi connectivity index (χ2n) is 9.94. The van der Waals surface area contributed by atoms with Gasteiger partial charge in [-0.3, -0.25) is 0 Å². The third-order valence-corrected chi connectivity index (χ3v) is 8.81. The molecular weight excluding hydrogens is 483 g/mol. The topological polar surface area (TPSA) is 24.1 Å². The molecule has 0 unspecified atom stereocenters. The normalized spacial score (nSPS) is 14.9. The van der Waals surface area contributed by atoms with Crippen LogP contribution in [0.1, 0.15) is 33.4 Å². The van der Waals surface area contributed by atoms with Crippen LogP contribution in [0.2, 0.25) is 10.0 Å². The van der Waals surface area contributed by atoms with Crippen LogP contribution in [0.4, 0.5) is 0 Å². The maximum absolute atomic E-state index is 7.15. The molecule has 0 aliphatic carbocycles. The van der Waals surface area contributed by atoms with E-state index in [-0.39, 0.29) is 0 Å². The van der Waals surface area contributed by atoms with Crippen molar-refractivity contribution in [1.29, 1.82) is 0 Å². The number of rotatable bonds is 3. The third kappa shape index (κ3) is 3.97. The van der Waals surface area contributed by atoms with E-state index < -0.39 is 0 Å². The second-order valence-corrected chi connectivity index (χ2v) is 10.7. The Balaban J connectivity index is 1.46. The zero-order valence-corrected chi connectivity index (χ0v) is 22.3. The summed E-state index contributed by atoms with van der Waals surface area (Å²) in [5, 5.41) is 8.45. The standard InChI is InChI=1S/C32H30Cl2N2/c1-19-23-13-15-35-17-21(23)9-11-25(19)27-5-3-7-29(31(27)33)30-8-4-6-28(32(30)34)26-12-10-22-18-36-16-14-24(22)20(26)2/h3-12,35-36H,13-18H2,1-2H3. The molecule has 0 aromatic heterocycles. The quantitative estimate of drug-likeness (QED) is 0.291. The highest BCUT2D eigenvalue weighted by Gasteiger charge is 2.20. The number of nitrogens with one attached hydrogen (secondary N) is 2. The van der Waals surface area contributed by atoms with Crippen molar-refractivity contribution in [3.63, 3.8) is 0 Å². The highest BCUT2D eigenvalue weighted by Crippen LogP contribution is 2.44. The molecule has 2 heterocycles. The minimum atomic E-state index is 0.752. The lowest BCUT2D eigenvalue weighted by atomic mass is 9.87. The maximum Gasteiger partial charge on any atom is 0.0563 e. The van der Waals surface area contributed by atoms with E-state index in [2.05, 4.69) is 85.1 Å². The van der Waals surface area contributed by atoms with E-state index in [9.17, 15) is 0 Å². The van der Waals surface area contributed by atoms with Gasteiger partial charge in [0.25, 0.3) is 0 Å². The molecule has 0 spiro atoms. The average molecular weight is 514 g/mol. The number of fused-ring (bicyclic) bond motifs is 2. The van der Waals surface area contributed by atoms with Gasteiger partial charge in [0.2, 0.25) is 0 Å². The summed E-state index contributed by atoms with van der Waals surface area (Å²) >= 11 is 14.3. The first-order valence-corrected chi connectivity index (χ1v) is 13.5. The molecule has 2 nitrogen and oxygen atoms in total. The smallest absolute Gasteiger partial charge is 0.0563 e. The summed E-state index contributed by atoms with van der Waals surface area (Å²) in [6.45, 7) is 8.36. The minimum Gasteiger partial charge on any atom is -0.312 e. The van der Waals surface area contributed by atoms with E-state index in [4.69, 9.17) is 23.2 Å². The average Bonchev–Trinajstić information content (AvgIpc) is 2.91. The van der Waals surface area contributed by atoms with Crippen molar-refractivity contribution >= 4 is 23.2 Å². The lowest BCUT2D eigenvalue weighted by Crippen LogP contribution is -2.24. The van der Waals surface area contributed by atoms with Crippen molar-refractivity contribution < 1.29 is 0 Å². The lowest BCUT2D eigenvalue weighted by molar-refractivity contribution is 0.641. The van der Waals surface area contributed by atoms with E-state index in [0.29, 0.717) is 0 Å². The van der Waals surface area contributed by atoms with Gasteiger partial charge >= 0.3 is 0 Å². The zero-order chi connectivity index (χ0) is 24.8. The minimum absolute atomic E-state index is 0.752. The largest absolute Gasteiger partial charge is 0.312 e. The highest BCUT2D eigenvalue weighted by molar-refractivity contribution is 6.39. The van der Waals surface area contributed by atoms with Crippen LogP contribution in [0.5, 0.6) is 0 Å². The monoisotopic (exact) mass is 512 g/mol. The molecular formula is C32H30Cl2N2. The first-order valence-electron chi connectivity index (χ1n) is 12.8. The summed E-state index contributed by atoms with van der Waals surface area (Å²) in [4.78, 5) is 0. The van der Waals surface area contributed by atoms with Crippen LogP contribution in [-0.2, 0) is 25.9 Å². The van der Waals surface area contributed by atoms with Gasteiger partial charge in [-0.25, -0.2) is 0 Å². The van der Waals surface area contributed by atoms with Crippen LogP contribution in [0.3, 0.4) is 0 Å². The molecule has 0 radical (unpaired) electrons. The molecule has 0 saturated carbocycles. The Hall–Kier alpha value is -2.62. The Morgan fingerprint density at radius 2 is 0.917 bits per heavy atom. The van der Waals surface area contributed by atoms with Crippen LogP contribution >= 0.6 is 23.2 Å². The molecule has 2 aliphatic heterocycles. The van der Waals surface area contributed by atoms with Crippen molar-refractivity contribution in [1.82, 2.24) is 10.6 Å². The van der Waals surface area contributed by atoms with Crippen molar-refractivity contribution in [3.8, 4) is 33.4 Å². The van der Waals surface area contributed by atoms with Gasteiger partial charge in [-0.1, -0.05) is 83.9 Å². The predicted molar refractivity (Wildman–Crippen MR) is 153 cm³/mol. The molecule has 36 heavy (non-hydrogen) atoms. The molecule has 4 aromatic carbocycles. The van der Waals surface area contributed by atoms with E-state index >= 15 is 0 Å². The summed E-state index contributed by atoms with van der Waals surface area (Å²) in [5.41, 5.74) is 14.8. The van der Waals surface area contributed by atoms with Gasteiger partial charge < -0.3 is 10.6 Å². The Morgan fingerprint density at radius 3 is 1.33 bits per heavy atom. The number of hydrogen-bond acceptors (Lipinski definition) is 2. The second kappa shape index (κ2) is 9.68. The molecule has 0 fully saturated rings. The van der Waals surface area contributed by atoms with Crippen LogP contribution in [0, 0.1) is 13.8 Å². The molecule has 4 heteroatoms. The lowest BCUT2D eigenvalue weighted by Gasteiger charge is -2.23. The molecule has 2 N–H and O–H groups in total. The van der Waals surface area contributed by atoms with E-state index in [1.807, 2.05) is 0 Å². The van der Waals surface area contributed by atoms with Crippen LogP contribution < -0.4 is 10.6 Å². The number of halogens is 2. The van der Waals surface area contributed by atoms with Gasteiger partial charge in [0.15, 0.2) is 0 Å². The molecule has 6 rings (SSSR count). The van der Waals surface area contributed by atoms with Crippen LogP contribution in [0.25, 0.3) is 33.4 Å². The van der Waals surface area contributed by atoms with E-state index in [0.717, 1.165) is 71.3 Å². The van der Waals surface area contributed by atoms with Gasteiger partial charge in [0.1, 0.15) is 0 Å². The summed E-state index contributed by atoms with van der Waals surface area (Å²) in [6.07, 6.45) is 2.10. The fourth-order valence-corrected chi connectivity index (χ4v) is 6.66. The van der Waals surface area contributed by atoms with Crippen molar-refractivity contribution in [2.24, 2.45) is 0 Å². The Kier molecular flexibility index (Phi) is 6.39. The first-order chi connectivity index (χ1) is 17.5. The third-order valence-electron chi connectivity index (χ3n) is 7.99. The van der Waals surface area contributed by atoms with Gasteiger partial charge in [-0.05, 0) is 84.3 Å². The molecule has 4 aromatic rings. The molecule has 0 saturated heterocycles. The molecule has 0 atom stereocenters. The fourth-order valence-electron chi connectivity index (χ4n) is 6.01. The predicted octanol–water partition coefficient (Wildman–Crippen LogP) is 7.90. The van der Waals surface area contributed by atoms with Gasteiger partial charge in [-0.2, -0.15) is 0 Å². The fraction of sp³-hybridized carbons (Fsp3) is 0.250. The van der Waals surface area contributed by atoms with Gasteiger partial charge in [0, 0.05) is 35.3 Å². The molecule has 0 amide bonds. The number of benzene rings is 4. The first kappa shape index (κ1) is 23.8. The van der Waals surface area contributed by atoms with E-state index in [1.165, 1.54) is 44.5 Å². The zero-order valence-electron chi connectivity index (χ0n) is 20.8. The van der Waals surface area contributed by atoms with Crippen molar-refractivity contribution in [2.45, 2.75) is 39.8 Å². The molecule has 182 valence electrons. The number of hydrogen-bond donors (Lipinski definition) is 2. The summed E-state index contributed by atoms with van der Waals surface area (Å²) in [6, 6.07) is 21.5. The Labute approximate surface area is 223 Å². The van der Waals surface area contributed by atoms with Crippen LogP contribution in [0.15, 0.2) is 60.7 Å². The molecule has 2 aliphatic rings. The summed E-state index contributed by atoms with van der Waals surface area (Å²) in [5.74, 6) is 0. The molecule has 0 bridgehead atoms. The van der Waals surface area contributed by atoms with Crippen LogP contribution in [-0.4, -0.2) is 13.1 Å². The van der Waals surface area contributed by atoms with Crippen molar-refractivity contribution in [3.05, 3.63) is 104 Å². The van der Waals surface area contributed by atoms with Gasteiger partial charge in [-0.15, -0.1) is 0 Å². The summed E-state index contributed by atoms with van der Waals surface area (Å²) < 4.78 is 0. The Bertz CT molecular complexity index is 1380. The van der Waals surface area contributed by atoms with E-state index in [1.54, 1.807) is 0 Å². The maximum atomic E-state index is 7.15. The van der Waals surface area contributed by atoms with Crippen molar-refractivity contribution in [2.75, 3.05) is 13.1 Å². The van der Waals surface area contributed by atoms with Gasteiger partial charge in [0.05, 0.1) is 10.0 Å². The Morgan fingerprint density at radius 1 is 0.528 bits per heavy atom.